The van der Waals surface area contributed by atoms with Crippen molar-refractivity contribution in [2.24, 2.45) is 0 Å². The fraction of sp³-hybridized carbons (Fsp3) is 0.160. The first-order valence-electron chi connectivity index (χ1n) is 9.88. The number of imide groups is 1. The summed E-state index contributed by atoms with van der Waals surface area (Å²) in [5.41, 5.74) is 3.20. The highest BCUT2D eigenvalue weighted by Gasteiger charge is 2.36. The number of nitrogens with zero attached hydrogens (tertiary/aromatic N) is 1. The molecule has 0 bridgehead atoms. The first-order valence-corrected chi connectivity index (χ1v) is 9.88. The lowest BCUT2D eigenvalue weighted by Crippen LogP contribution is -2.29. The van der Waals surface area contributed by atoms with E-state index in [0.29, 0.717) is 28.3 Å². The summed E-state index contributed by atoms with van der Waals surface area (Å²) in [6.07, 6.45) is -0.808. The number of amides is 2. The molecule has 1 aliphatic rings. The Kier molecular flexibility index (Phi) is 5.29. The molecule has 0 spiro atoms. The third kappa shape index (κ3) is 3.92. The van der Waals surface area contributed by atoms with Gasteiger partial charge in [-0.25, -0.2) is 9.69 Å². The number of ether oxygens (including phenoxy) is 2. The molecular formula is C25H21NO5. The second-order valence-corrected chi connectivity index (χ2v) is 7.44. The van der Waals surface area contributed by atoms with Crippen molar-refractivity contribution in [3.63, 3.8) is 0 Å². The summed E-state index contributed by atoms with van der Waals surface area (Å²) >= 11 is 0. The van der Waals surface area contributed by atoms with Crippen LogP contribution in [0.25, 0.3) is 0 Å². The molecule has 0 aromatic heterocycles. The molecule has 0 radical (unpaired) electrons. The predicted octanol–water partition coefficient (Wildman–Crippen LogP) is 4.48. The van der Waals surface area contributed by atoms with Crippen LogP contribution in [0.15, 0.2) is 66.7 Å². The number of carbonyl (C=O) groups excluding carboxylic acids is 3. The number of carbonyl (C=O) groups is 3. The Bertz CT molecular complexity index is 1150. The molecule has 31 heavy (non-hydrogen) atoms. The lowest BCUT2D eigenvalue weighted by atomic mass is 10.1. The number of anilines is 1. The minimum atomic E-state index is -0.808. The average molecular weight is 415 g/mol. The SMILES string of the molecule is Cc1ccc(OC(C)C(=O)Oc2ccc(N3C(=O)c4ccccc4C3=O)cc2)c(C)c1. The van der Waals surface area contributed by atoms with Crippen LogP contribution in [0.4, 0.5) is 5.69 Å². The fourth-order valence-corrected chi connectivity index (χ4v) is 3.46. The minimum absolute atomic E-state index is 0.293. The number of benzene rings is 3. The van der Waals surface area contributed by atoms with Gasteiger partial charge in [-0.2, -0.15) is 0 Å². The van der Waals surface area contributed by atoms with Gasteiger partial charge in [0.1, 0.15) is 11.5 Å². The summed E-state index contributed by atoms with van der Waals surface area (Å²) in [5.74, 6) is -0.382. The fourth-order valence-electron chi connectivity index (χ4n) is 3.46. The van der Waals surface area contributed by atoms with Gasteiger partial charge < -0.3 is 9.47 Å². The quantitative estimate of drug-likeness (QED) is 0.349. The molecule has 0 N–H and O–H groups in total. The molecule has 0 aliphatic carbocycles. The zero-order chi connectivity index (χ0) is 22.1. The van der Waals surface area contributed by atoms with Gasteiger partial charge >= 0.3 is 5.97 Å². The Labute approximate surface area is 180 Å². The van der Waals surface area contributed by atoms with E-state index in [0.717, 1.165) is 16.0 Å². The maximum atomic E-state index is 12.6. The van der Waals surface area contributed by atoms with Crippen LogP contribution in [0.2, 0.25) is 0 Å². The summed E-state index contributed by atoms with van der Waals surface area (Å²) in [6.45, 7) is 5.52. The molecule has 1 unspecified atom stereocenters. The van der Waals surface area contributed by atoms with Crippen molar-refractivity contribution in [3.05, 3.63) is 89.0 Å². The van der Waals surface area contributed by atoms with Gasteiger partial charge in [0.25, 0.3) is 11.8 Å². The second kappa shape index (κ2) is 8.07. The lowest BCUT2D eigenvalue weighted by molar-refractivity contribution is -0.141. The van der Waals surface area contributed by atoms with Crippen molar-refractivity contribution in [2.45, 2.75) is 26.9 Å². The van der Waals surface area contributed by atoms with Gasteiger partial charge in [0.2, 0.25) is 0 Å². The maximum absolute atomic E-state index is 12.6. The standard InChI is InChI=1S/C25H21NO5/c1-15-8-13-22(16(2)14-15)30-17(3)25(29)31-19-11-9-18(10-12-19)26-23(27)20-6-4-5-7-21(20)24(26)28/h4-14,17H,1-3H3. The van der Waals surface area contributed by atoms with E-state index in [-0.39, 0.29) is 11.8 Å². The number of aryl methyl sites for hydroxylation is 2. The minimum Gasteiger partial charge on any atom is -0.479 e. The molecule has 6 heteroatoms. The summed E-state index contributed by atoms with van der Waals surface area (Å²) in [6, 6.07) is 18.6. The van der Waals surface area contributed by atoms with Crippen LogP contribution in [-0.2, 0) is 4.79 Å². The highest BCUT2D eigenvalue weighted by molar-refractivity contribution is 6.34. The molecule has 1 heterocycles. The van der Waals surface area contributed by atoms with Crippen LogP contribution in [0.3, 0.4) is 0 Å². The molecule has 4 rings (SSSR count). The normalized spacial score (nSPS) is 13.7. The van der Waals surface area contributed by atoms with Crippen LogP contribution in [0.5, 0.6) is 11.5 Å². The largest absolute Gasteiger partial charge is 0.479 e. The van der Waals surface area contributed by atoms with Crippen LogP contribution in [0.1, 0.15) is 38.8 Å². The zero-order valence-corrected chi connectivity index (χ0v) is 17.4. The Morgan fingerprint density at radius 1 is 0.871 bits per heavy atom. The van der Waals surface area contributed by atoms with Crippen molar-refractivity contribution in [1.82, 2.24) is 0 Å². The van der Waals surface area contributed by atoms with E-state index in [1.807, 2.05) is 32.0 Å². The molecule has 0 fully saturated rings. The average Bonchev–Trinajstić information content (AvgIpc) is 3.01. The summed E-state index contributed by atoms with van der Waals surface area (Å²) < 4.78 is 11.1. The smallest absolute Gasteiger partial charge is 0.352 e. The first-order chi connectivity index (χ1) is 14.8. The van der Waals surface area contributed by atoms with Crippen LogP contribution in [0, 0.1) is 13.8 Å². The van der Waals surface area contributed by atoms with Crippen molar-refractivity contribution in [3.8, 4) is 11.5 Å². The van der Waals surface area contributed by atoms with Gasteiger partial charge in [-0.15, -0.1) is 0 Å². The van der Waals surface area contributed by atoms with Crippen molar-refractivity contribution in [2.75, 3.05) is 4.90 Å². The highest BCUT2D eigenvalue weighted by atomic mass is 16.6. The maximum Gasteiger partial charge on any atom is 0.352 e. The van der Waals surface area contributed by atoms with E-state index in [1.165, 1.54) is 0 Å². The van der Waals surface area contributed by atoms with Gasteiger partial charge in [-0.1, -0.05) is 29.8 Å². The molecule has 1 aliphatic heterocycles. The lowest BCUT2D eigenvalue weighted by Gasteiger charge is -2.17. The van der Waals surface area contributed by atoms with E-state index < -0.39 is 12.1 Å². The molecule has 0 saturated heterocycles. The van der Waals surface area contributed by atoms with E-state index in [1.54, 1.807) is 55.5 Å². The van der Waals surface area contributed by atoms with Gasteiger partial charge in [0.15, 0.2) is 6.10 Å². The van der Waals surface area contributed by atoms with Crippen molar-refractivity contribution in [1.29, 1.82) is 0 Å². The molecule has 3 aromatic rings. The predicted molar refractivity (Wildman–Crippen MR) is 116 cm³/mol. The van der Waals surface area contributed by atoms with Gasteiger partial charge in [-0.3, -0.25) is 9.59 Å². The molecular weight excluding hydrogens is 394 g/mol. The van der Waals surface area contributed by atoms with E-state index >= 15 is 0 Å². The summed E-state index contributed by atoms with van der Waals surface area (Å²) in [5, 5.41) is 0. The monoisotopic (exact) mass is 415 g/mol. The molecule has 6 nitrogen and oxygen atoms in total. The first kappa shape index (κ1) is 20.3. The topological polar surface area (TPSA) is 72.9 Å². The molecule has 0 saturated carbocycles. The second-order valence-electron chi connectivity index (χ2n) is 7.44. The van der Waals surface area contributed by atoms with E-state index in [2.05, 4.69) is 0 Å². The molecule has 3 aromatic carbocycles. The summed E-state index contributed by atoms with van der Waals surface area (Å²) in [4.78, 5) is 38.7. The number of fused-ring (bicyclic) bond motifs is 1. The number of rotatable bonds is 5. The number of hydrogen-bond donors (Lipinski definition) is 0. The van der Waals surface area contributed by atoms with Crippen molar-refractivity contribution >= 4 is 23.5 Å². The summed E-state index contributed by atoms with van der Waals surface area (Å²) in [7, 11) is 0. The van der Waals surface area contributed by atoms with Crippen LogP contribution in [-0.4, -0.2) is 23.9 Å². The van der Waals surface area contributed by atoms with E-state index in [9.17, 15) is 14.4 Å². The van der Waals surface area contributed by atoms with Crippen LogP contribution < -0.4 is 14.4 Å². The Morgan fingerprint density at radius 2 is 1.48 bits per heavy atom. The third-order valence-electron chi connectivity index (χ3n) is 5.07. The number of esters is 1. The van der Waals surface area contributed by atoms with Crippen molar-refractivity contribution < 1.29 is 23.9 Å². The highest BCUT2D eigenvalue weighted by Crippen LogP contribution is 2.29. The Balaban J connectivity index is 1.43. The molecule has 2 amide bonds. The van der Waals surface area contributed by atoms with Gasteiger partial charge in [0, 0.05) is 0 Å². The van der Waals surface area contributed by atoms with Gasteiger partial charge in [0.05, 0.1) is 16.8 Å². The Morgan fingerprint density at radius 3 is 2.06 bits per heavy atom. The van der Waals surface area contributed by atoms with Gasteiger partial charge in [-0.05, 0) is 68.8 Å². The number of hydrogen-bond acceptors (Lipinski definition) is 5. The molecule has 1 atom stereocenters. The third-order valence-corrected chi connectivity index (χ3v) is 5.07. The van der Waals surface area contributed by atoms with E-state index in [4.69, 9.17) is 9.47 Å². The molecule has 156 valence electrons. The Hall–Kier alpha value is -3.93. The zero-order valence-electron chi connectivity index (χ0n) is 17.4. The van der Waals surface area contributed by atoms with Crippen LogP contribution >= 0.6 is 0 Å².